The van der Waals surface area contributed by atoms with Gasteiger partial charge in [0.25, 0.3) is 15.9 Å². The molecule has 1 aromatic carbocycles. The summed E-state index contributed by atoms with van der Waals surface area (Å²) in [5, 5.41) is 17.4. The second kappa shape index (κ2) is 10.5. The van der Waals surface area contributed by atoms with Gasteiger partial charge in [0.2, 0.25) is 0 Å². The van der Waals surface area contributed by atoms with Gasteiger partial charge < -0.3 is 14.6 Å². The van der Waals surface area contributed by atoms with Gasteiger partial charge in [0, 0.05) is 19.2 Å². The van der Waals surface area contributed by atoms with Crippen molar-refractivity contribution in [3.8, 4) is 11.6 Å². The molecule has 3 heterocycles. The Morgan fingerprint density at radius 3 is 2.77 bits per heavy atom. The Balaban J connectivity index is 1.76. The first-order valence-electron chi connectivity index (χ1n) is 11.3. The van der Waals surface area contributed by atoms with E-state index in [1.807, 2.05) is 42.0 Å². The number of sulfonamides is 1. The van der Waals surface area contributed by atoms with E-state index in [1.54, 1.807) is 30.4 Å². The maximum absolute atomic E-state index is 13.9. The molecule has 9 nitrogen and oxygen atoms in total. The number of hydrogen-bond acceptors (Lipinski definition) is 7. The van der Waals surface area contributed by atoms with Crippen LogP contribution in [0.4, 0.5) is 5.69 Å². The summed E-state index contributed by atoms with van der Waals surface area (Å²) in [5.74, 6) is -0.549. The van der Waals surface area contributed by atoms with E-state index in [9.17, 15) is 13.2 Å². The number of hydrogen-bond donors (Lipinski definition) is 1. The van der Waals surface area contributed by atoms with Gasteiger partial charge in [-0.3, -0.25) is 13.8 Å². The number of ether oxygens (including phenoxy) is 2. The molecular formula is C24H27N3O6S2. The summed E-state index contributed by atoms with van der Waals surface area (Å²) in [5.41, 5.74) is 2.24. The van der Waals surface area contributed by atoms with Crippen molar-refractivity contribution in [2.75, 3.05) is 17.5 Å². The number of rotatable bonds is 10. The van der Waals surface area contributed by atoms with Gasteiger partial charge in [-0.25, -0.2) is 8.42 Å². The second-order valence-electron chi connectivity index (χ2n) is 7.91. The lowest BCUT2D eigenvalue weighted by Crippen LogP contribution is -2.43. The number of aliphatic carboxylic acids is 1. The van der Waals surface area contributed by atoms with Crippen molar-refractivity contribution >= 4 is 45.2 Å². The number of thiophene rings is 1. The molecule has 1 aliphatic rings. The molecule has 0 fully saturated rings. The second-order valence-corrected chi connectivity index (χ2v) is 10.5. The Hall–Kier alpha value is -3.31. The number of nitrogens with zero attached hydrogens (tertiary/aromatic N) is 3. The van der Waals surface area contributed by atoms with E-state index >= 15 is 0 Å². The van der Waals surface area contributed by atoms with Gasteiger partial charge in [-0.05, 0) is 60.4 Å². The summed E-state index contributed by atoms with van der Waals surface area (Å²) < 4.78 is 42.2. The minimum absolute atomic E-state index is 0.0246. The summed E-state index contributed by atoms with van der Waals surface area (Å²) in [7, 11) is -4.09. The number of anilines is 1. The molecule has 0 saturated carbocycles. The molecule has 0 spiro atoms. The van der Waals surface area contributed by atoms with E-state index in [0.29, 0.717) is 18.0 Å². The van der Waals surface area contributed by atoms with Crippen LogP contribution in [-0.4, -0.2) is 48.5 Å². The van der Waals surface area contributed by atoms with E-state index < -0.39 is 22.1 Å². The van der Waals surface area contributed by atoms with Gasteiger partial charge in [-0.1, -0.05) is 18.2 Å². The number of aryl methyl sites for hydroxylation is 1. The molecular weight excluding hydrogens is 490 g/mol. The van der Waals surface area contributed by atoms with E-state index in [2.05, 4.69) is 5.10 Å². The third-order valence-corrected chi connectivity index (χ3v) is 7.94. The first-order chi connectivity index (χ1) is 16.8. The van der Waals surface area contributed by atoms with Crippen molar-refractivity contribution in [2.24, 2.45) is 0 Å². The van der Waals surface area contributed by atoms with Crippen molar-refractivity contribution in [1.82, 2.24) is 9.78 Å². The Morgan fingerprint density at radius 2 is 2.09 bits per heavy atom. The number of benzene rings is 1. The first kappa shape index (κ1) is 24.8. The molecule has 4 rings (SSSR count). The monoisotopic (exact) mass is 517 g/mol. The molecule has 1 atom stereocenters. The van der Waals surface area contributed by atoms with Crippen LogP contribution in [0.3, 0.4) is 0 Å². The van der Waals surface area contributed by atoms with Crippen LogP contribution in [0.25, 0.3) is 12.2 Å². The zero-order chi connectivity index (χ0) is 25.0. The number of carboxylic acids is 1. The number of fused-ring (bicyclic) bond motifs is 1. The third-order valence-electron chi connectivity index (χ3n) is 5.48. The molecule has 0 bridgehead atoms. The first-order valence-corrected chi connectivity index (χ1v) is 13.7. The molecule has 1 N–H and O–H groups in total. The van der Waals surface area contributed by atoms with E-state index in [0.717, 1.165) is 11.1 Å². The summed E-state index contributed by atoms with van der Waals surface area (Å²) >= 11 is 1.59. The number of carboxylic acid groups (broad SMARTS) is 1. The van der Waals surface area contributed by atoms with Crippen LogP contribution in [0, 0.1) is 0 Å². The SMILES string of the molecule is CCOc1nn(CC)cc1S(=O)(=O)N1C[C@H](CCC(=O)O)Oc2ccc(/C=C/c3ccsc3)cc21. The van der Waals surface area contributed by atoms with Crippen LogP contribution in [0.1, 0.15) is 37.8 Å². The summed E-state index contributed by atoms with van der Waals surface area (Å²) in [6, 6.07) is 7.31. The molecule has 0 aliphatic carbocycles. The minimum Gasteiger partial charge on any atom is -0.486 e. The van der Waals surface area contributed by atoms with Crippen molar-refractivity contribution in [3.63, 3.8) is 0 Å². The Bertz CT molecular complexity index is 1310. The fourth-order valence-corrected chi connectivity index (χ4v) is 5.94. The van der Waals surface area contributed by atoms with Gasteiger partial charge >= 0.3 is 5.97 Å². The summed E-state index contributed by atoms with van der Waals surface area (Å²) in [4.78, 5) is 11.1. The highest BCUT2D eigenvalue weighted by atomic mass is 32.2. The van der Waals surface area contributed by atoms with Gasteiger partial charge in [-0.15, -0.1) is 5.10 Å². The topological polar surface area (TPSA) is 111 Å². The molecule has 0 radical (unpaired) electrons. The van der Waals surface area contributed by atoms with Crippen molar-refractivity contribution in [3.05, 3.63) is 52.3 Å². The van der Waals surface area contributed by atoms with Crippen molar-refractivity contribution < 1.29 is 27.8 Å². The average molecular weight is 518 g/mol. The molecule has 35 heavy (non-hydrogen) atoms. The lowest BCUT2D eigenvalue weighted by atomic mass is 10.1. The molecule has 0 unspecified atom stereocenters. The van der Waals surface area contributed by atoms with Crippen LogP contribution in [0.5, 0.6) is 11.6 Å². The summed E-state index contributed by atoms with van der Waals surface area (Å²) in [6.07, 6.45) is 4.75. The molecule has 1 aliphatic heterocycles. The Kier molecular flexibility index (Phi) is 7.46. The lowest BCUT2D eigenvalue weighted by molar-refractivity contribution is -0.137. The van der Waals surface area contributed by atoms with Gasteiger partial charge in [-0.2, -0.15) is 11.3 Å². The van der Waals surface area contributed by atoms with Crippen molar-refractivity contribution in [1.29, 1.82) is 0 Å². The quantitative estimate of drug-likeness (QED) is 0.425. The molecule has 2 aromatic heterocycles. The minimum atomic E-state index is -4.09. The predicted molar refractivity (Wildman–Crippen MR) is 135 cm³/mol. The fraction of sp³-hybridized carbons (Fsp3) is 0.333. The highest BCUT2D eigenvalue weighted by Crippen LogP contribution is 2.40. The normalized spacial score (nSPS) is 15.7. The highest BCUT2D eigenvalue weighted by Gasteiger charge is 2.37. The smallest absolute Gasteiger partial charge is 0.303 e. The van der Waals surface area contributed by atoms with Crippen molar-refractivity contribution in [2.45, 2.75) is 44.2 Å². The fourth-order valence-electron chi connectivity index (χ4n) is 3.74. The zero-order valence-corrected chi connectivity index (χ0v) is 21.1. The molecule has 186 valence electrons. The Morgan fingerprint density at radius 1 is 1.29 bits per heavy atom. The number of carbonyl (C=O) groups is 1. The van der Waals surface area contributed by atoms with Crippen LogP contribution in [0.2, 0.25) is 0 Å². The zero-order valence-electron chi connectivity index (χ0n) is 19.5. The van der Waals surface area contributed by atoms with Crippen LogP contribution >= 0.6 is 11.3 Å². The maximum atomic E-state index is 13.9. The third kappa shape index (κ3) is 5.51. The molecule has 0 amide bonds. The Labute approximate surface area is 208 Å². The van der Waals surface area contributed by atoms with Crippen LogP contribution in [0.15, 0.2) is 46.1 Å². The maximum Gasteiger partial charge on any atom is 0.303 e. The lowest BCUT2D eigenvalue weighted by Gasteiger charge is -2.35. The van der Waals surface area contributed by atoms with Crippen LogP contribution < -0.4 is 13.8 Å². The molecule has 3 aromatic rings. The van der Waals surface area contributed by atoms with Crippen LogP contribution in [-0.2, 0) is 21.4 Å². The van der Waals surface area contributed by atoms with E-state index in [4.69, 9.17) is 14.6 Å². The van der Waals surface area contributed by atoms with Gasteiger partial charge in [0.15, 0.2) is 4.90 Å². The van der Waals surface area contributed by atoms with Gasteiger partial charge in [0.1, 0.15) is 11.9 Å². The standard InChI is InChI=1S/C24H27N3O6S2/c1-3-26-15-22(24(25-26)32-4-2)35(30,31)27-14-19(8-10-23(28)29)33-21-9-7-17(13-20(21)27)5-6-18-11-12-34-16-18/h5-7,9,11-13,15-16,19H,3-4,8,10,14H2,1-2H3,(H,28,29)/b6-5+/t19-/m0/s1. The summed E-state index contributed by atoms with van der Waals surface area (Å²) in [6.45, 7) is 4.34. The highest BCUT2D eigenvalue weighted by molar-refractivity contribution is 7.93. The number of aromatic nitrogens is 2. The predicted octanol–water partition coefficient (Wildman–Crippen LogP) is 4.35. The average Bonchev–Trinajstić information content (AvgIpc) is 3.51. The molecule has 11 heteroatoms. The largest absolute Gasteiger partial charge is 0.486 e. The van der Waals surface area contributed by atoms with E-state index in [1.165, 1.54) is 15.2 Å². The van der Waals surface area contributed by atoms with Gasteiger partial charge in [0.05, 0.1) is 18.8 Å². The van der Waals surface area contributed by atoms with E-state index in [-0.39, 0.29) is 36.8 Å². The molecule has 0 saturated heterocycles.